The lowest BCUT2D eigenvalue weighted by molar-refractivity contribution is -0.0323. The highest BCUT2D eigenvalue weighted by molar-refractivity contribution is 5.94. The average Bonchev–Trinajstić information content (AvgIpc) is 3.75. The highest BCUT2D eigenvalue weighted by Gasteiger charge is 2.48. The molecule has 1 aliphatic carbocycles. The number of allylic oxidation sites excluding steroid dienone is 1. The van der Waals surface area contributed by atoms with Crippen LogP contribution in [0.5, 0.6) is 11.8 Å². The van der Waals surface area contributed by atoms with Crippen LogP contribution in [0.25, 0.3) is 28.1 Å². The summed E-state index contributed by atoms with van der Waals surface area (Å²) in [5.74, 6) is 1.35. The Bertz CT molecular complexity index is 1810. The molecule has 2 aromatic carbocycles. The summed E-state index contributed by atoms with van der Waals surface area (Å²) in [4.78, 5) is 16.4. The second-order valence-electron chi connectivity index (χ2n) is 14.6. The average molecular weight is 659 g/mol. The number of benzene rings is 2. The fourth-order valence-electron chi connectivity index (χ4n) is 8.60. The summed E-state index contributed by atoms with van der Waals surface area (Å²) >= 11 is 0. The van der Waals surface area contributed by atoms with E-state index in [4.69, 9.17) is 16.1 Å². The van der Waals surface area contributed by atoms with Crippen LogP contribution >= 0.6 is 0 Å². The number of ether oxygens (including phenoxy) is 1. The number of rotatable bonds is 9. The highest BCUT2D eigenvalue weighted by Crippen LogP contribution is 2.48. The molecule has 4 atom stereocenters. The Morgan fingerprint density at radius 3 is 2.58 bits per heavy atom. The molecule has 5 fully saturated rings. The van der Waals surface area contributed by atoms with Crippen molar-refractivity contribution in [2.75, 3.05) is 57.8 Å². The monoisotopic (exact) mass is 658 g/mol. The zero-order valence-corrected chi connectivity index (χ0v) is 27.2. The van der Waals surface area contributed by atoms with Gasteiger partial charge in [-0.2, -0.15) is 9.97 Å². The van der Waals surface area contributed by atoms with Crippen LogP contribution in [0.3, 0.4) is 0 Å². The summed E-state index contributed by atoms with van der Waals surface area (Å²) in [7, 11) is 2.20. The predicted octanol–water partition coefficient (Wildman–Crippen LogP) is 5.13. The van der Waals surface area contributed by atoms with E-state index in [1.165, 1.54) is 36.8 Å². The van der Waals surface area contributed by atoms with Gasteiger partial charge in [-0.25, -0.2) is 13.2 Å². The van der Waals surface area contributed by atoms with Crippen LogP contribution in [0.15, 0.2) is 24.3 Å². The number of terminal acetylenes is 1. The number of fused-ring (bicyclic) bond motifs is 4. The maximum atomic E-state index is 16.8. The van der Waals surface area contributed by atoms with E-state index in [9.17, 15) is 9.50 Å². The maximum Gasteiger partial charge on any atom is 0.319 e. The van der Waals surface area contributed by atoms with Gasteiger partial charge in [0.2, 0.25) is 0 Å². The van der Waals surface area contributed by atoms with Crippen molar-refractivity contribution in [1.82, 2.24) is 25.1 Å². The molecule has 8 nitrogen and oxygen atoms in total. The molecule has 48 heavy (non-hydrogen) atoms. The summed E-state index contributed by atoms with van der Waals surface area (Å²) in [6.45, 7) is 4.96. The van der Waals surface area contributed by atoms with Crippen molar-refractivity contribution in [2.45, 2.75) is 56.9 Å². The first-order valence-corrected chi connectivity index (χ1v) is 17.1. The van der Waals surface area contributed by atoms with E-state index in [1.54, 1.807) is 0 Å². The lowest BCUT2D eigenvalue weighted by atomic mass is 9.83. The van der Waals surface area contributed by atoms with Crippen molar-refractivity contribution in [3.8, 4) is 35.2 Å². The minimum absolute atomic E-state index is 0.00151. The number of hydrogen-bond donors (Lipinski definition) is 2. The molecule has 0 amide bonds. The Morgan fingerprint density at radius 2 is 1.90 bits per heavy atom. The van der Waals surface area contributed by atoms with E-state index >= 15 is 8.78 Å². The third-order valence-corrected chi connectivity index (χ3v) is 11.3. The SMILES string of the molecule is C#C/C=C\c1cc(O)cc(-c2c(F)cc3c(N4CC5CCC(C4)N5)nc(OCC4(CN5CCC6C(C5)CN6C)CC4)nc3c2F)c1CF. The second kappa shape index (κ2) is 12.2. The van der Waals surface area contributed by atoms with Crippen molar-refractivity contribution >= 4 is 22.8 Å². The van der Waals surface area contributed by atoms with Gasteiger partial charge in [-0.05, 0) is 98.7 Å². The fraction of sp³-hybridized carbons (Fsp3) is 0.514. The zero-order valence-electron chi connectivity index (χ0n) is 27.2. The topological polar surface area (TPSA) is 77.0 Å². The summed E-state index contributed by atoms with van der Waals surface area (Å²) in [5.41, 5.74) is -0.437. The van der Waals surface area contributed by atoms with E-state index in [1.807, 2.05) is 0 Å². The van der Waals surface area contributed by atoms with Crippen LogP contribution in [0, 0.1) is 35.3 Å². The minimum Gasteiger partial charge on any atom is -0.508 e. The molecule has 1 saturated carbocycles. The quantitative estimate of drug-likeness (QED) is 0.307. The molecule has 5 heterocycles. The largest absolute Gasteiger partial charge is 0.508 e. The Hall–Kier alpha value is -3.85. The van der Waals surface area contributed by atoms with Gasteiger partial charge in [-0.3, -0.25) is 0 Å². The standard InChI is InChI=1S/C37H41F3N6O2/c1-3-4-5-22-12-26(47)13-27(29(22)15-38)32-30(39)14-28-34(33(32)40)42-36(43-35(28)46-18-24-6-7-25(19-46)41-24)48-21-37(9-10-37)20-45-11-8-31-23(17-45)16-44(31)2/h1,4-5,12-14,23-25,31,41,47H,6-11,15-21H2,2H3/b5-4-. The Labute approximate surface area is 279 Å². The number of piperazine rings is 1. The van der Waals surface area contributed by atoms with Gasteiger partial charge >= 0.3 is 6.01 Å². The third kappa shape index (κ3) is 5.67. The second-order valence-corrected chi connectivity index (χ2v) is 14.6. The number of nitrogens with zero attached hydrogens (tertiary/aromatic N) is 5. The molecule has 4 unspecified atom stereocenters. The van der Waals surface area contributed by atoms with Gasteiger partial charge in [0.05, 0.1) is 12.2 Å². The molecule has 11 heteroatoms. The van der Waals surface area contributed by atoms with E-state index in [0.717, 1.165) is 57.8 Å². The lowest BCUT2D eigenvalue weighted by Gasteiger charge is -2.52. The normalized spacial score (nSPS) is 26.4. The smallest absolute Gasteiger partial charge is 0.319 e. The first kappa shape index (κ1) is 31.4. The number of nitrogens with one attached hydrogen (secondary N) is 1. The van der Waals surface area contributed by atoms with Crippen molar-refractivity contribution in [1.29, 1.82) is 0 Å². The minimum atomic E-state index is -1.03. The number of piperidine rings is 1. The Balaban J connectivity index is 1.16. The van der Waals surface area contributed by atoms with Crippen molar-refractivity contribution in [2.24, 2.45) is 11.3 Å². The number of phenolic OH excluding ortho intramolecular Hbond substituents is 1. The van der Waals surface area contributed by atoms with Gasteiger partial charge in [-0.15, -0.1) is 6.42 Å². The number of alkyl halides is 1. The number of aromatic nitrogens is 2. The van der Waals surface area contributed by atoms with Crippen molar-refractivity contribution in [3.05, 3.63) is 47.0 Å². The number of halogens is 3. The van der Waals surface area contributed by atoms with Crippen molar-refractivity contribution < 1.29 is 23.0 Å². The number of likely N-dealkylation sites (tertiary alicyclic amines) is 2. The molecule has 8 rings (SSSR count). The molecule has 0 radical (unpaired) electrons. The van der Waals surface area contributed by atoms with Crippen LogP contribution in [0.4, 0.5) is 19.0 Å². The van der Waals surface area contributed by atoms with E-state index < -0.39 is 23.9 Å². The number of phenols is 1. The maximum absolute atomic E-state index is 16.8. The van der Waals surface area contributed by atoms with Crippen LogP contribution < -0.4 is 15.0 Å². The van der Waals surface area contributed by atoms with Gasteiger partial charge in [0.25, 0.3) is 0 Å². The molecular weight excluding hydrogens is 617 g/mol. The highest BCUT2D eigenvalue weighted by atomic mass is 19.1. The summed E-state index contributed by atoms with van der Waals surface area (Å²) in [5, 5.41) is 14.3. The molecule has 2 N–H and O–H groups in total. The van der Waals surface area contributed by atoms with Crippen molar-refractivity contribution in [3.63, 3.8) is 0 Å². The summed E-state index contributed by atoms with van der Waals surface area (Å²) in [6, 6.07) is 4.98. The molecule has 4 saturated heterocycles. The van der Waals surface area contributed by atoms with Crippen LogP contribution in [0.2, 0.25) is 0 Å². The number of aromatic hydroxyl groups is 1. The van der Waals surface area contributed by atoms with Gasteiger partial charge in [0, 0.05) is 61.7 Å². The Morgan fingerprint density at radius 1 is 1.10 bits per heavy atom. The van der Waals surface area contributed by atoms with E-state index in [-0.39, 0.29) is 56.9 Å². The van der Waals surface area contributed by atoms with Gasteiger partial charge in [0.15, 0.2) is 5.82 Å². The molecular formula is C37H41F3N6O2. The van der Waals surface area contributed by atoms with Crippen LogP contribution in [-0.4, -0.2) is 95.9 Å². The van der Waals surface area contributed by atoms with Crippen LogP contribution in [0.1, 0.15) is 43.2 Å². The summed E-state index contributed by atoms with van der Waals surface area (Å²) < 4.78 is 53.7. The molecule has 1 aromatic heterocycles. The van der Waals surface area contributed by atoms with Gasteiger partial charge < -0.3 is 29.9 Å². The molecule has 4 aliphatic heterocycles. The molecule has 252 valence electrons. The Kier molecular flexibility index (Phi) is 8.01. The fourth-order valence-corrected chi connectivity index (χ4v) is 8.60. The van der Waals surface area contributed by atoms with E-state index in [2.05, 4.69) is 38.0 Å². The molecule has 5 aliphatic rings. The first-order chi connectivity index (χ1) is 23.2. The number of anilines is 1. The summed E-state index contributed by atoms with van der Waals surface area (Å²) in [6.07, 6.45) is 13.4. The van der Waals surface area contributed by atoms with E-state index in [0.29, 0.717) is 31.6 Å². The molecule has 2 bridgehead atoms. The van der Waals surface area contributed by atoms with Crippen LogP contribution in [-0.2, 0) is 6.67 Å². The zero-order chi connectivity index (χ0) is 33.2. The first-order valence-electron chi connectivity index (χ1n) is 17.1. The third-order valence-electron chi connectivity index (χ3n) is 11.3. The predicted molar refractivity (Wildman–Crippen MR) is 180 cm³/mol. The number of hydrogen-bond acceptors (Lipinski definition) is 8. The van der Waals surface area contributed by atoms with Gasteiger partial charge in [-0.1, -0.05) is 5.92 Å². The van der Waals surface area contributed by atoms with Gasteiger partial charge in [0.1, 0.15) is 29.6 Å². The molecule has 3 aromatic rings. The lowest BCUT2D eigenvalue weighted by Crippen LogP contribution is -2.62. The molecule has 0 spiro atoms.